The van der Waals surface area contributed by atoms with Gasteiger partial charge in [0.2, 0.25) is 0 Å². The van der Waals surface area contributed by atoms with Crippen molar-refractivity contribution in [3.05, 3.63) is 35.9 Å². The van der Waals surface area contributed by atoms with E-state index in [4.69, 9.17) is 14.6 Å². The zero-order valence-corrected chi connectivity index (χ0v) is 15.5. The average Bonchev–Trinajstić information content (AvgIpc) is 3.11. The summed E-state index contributed by atoms with van der Waals surface area (Å²) in [6.07, 6.45) is 4.22. The first kappa shape index (κ1) is 19.6. The van der Waals surface area contributed by atoms with E-state index < -0.39 is 11.8 Å². The van der Waals surface area contributed by atoms with E-state index in [1.165, 1.54) is 0 Å². The SMILES string of the molecule is O=C(O)CCC(Cc1ccccc1)NC(=O)NC1CCC2(CC1)OCCO2. The molecule has 1 heterocycles. The number of carbonyl (C=O) groups is 2. The first-order valence-corrected chi connectivity index (χ1v) is 9.65. The Morgan fingerprint density at radius 1 is 1.15 bits per heavy atom. The minimum absolute atomic E-state index is 0.0262. The monoisotopic (exact) mass is 376 g/mol. The molecule has 1 saturated heterocycles. The number of nitrogens with one attached hydrogen (secondary N) is 2. The Morgan fingerprint density at radius 3 is 2.44 bits per heavy atom. The molecule has 1 spiro atoms. The van der Waals surface area contributed by atoms with E-state index in [1.807, 2.05) is 30.3 Å². The fraction of sp³-hybridized carbons (Fsp3) is 0.600. The molecule has 1 unspecified atom stereocenters. The minimum atomic E-state index is -0.857. The van der Waals surface area contributed by atoms with Gasteiger partial charge < -0.3 is 25.2 Å². The predicted octanol–water partition coefficient (Wildman–Crippen LogP) is 2.45. The molecule has 3 N–H and O–H groups in total. The molecule has 1 aliphatic heterocycles. The van der Waals surface area contributed by atoms with E-state index in [0.717, 1.165) is 31.2 Å². The van der Waals surface area contributed by atoms with Crippen molar-refractivity contribution in [2.24, 2.45) is 0 Å². The van der Waals surface area contributed by atoms with Crippen LogP contribution in [0.4, 0.5) is 4.79 Å². The Bertz CT molecular complexity index is 621. The number of carboxylic acids is 1. The Labute approximate surface area is 159 Å². The van der Waals surface area contributed by atoms with Crippen molar-refractivity contribution < 1.29 is 24.2 Å². The smallest absolute Gasteiger partial charge is 0.315 e. The molecule has 1 aromatic carbocycles. The van der Waals surface area contributed by atoms with Crippen molar-refractivity contribution in [2.45, 2.75) is 62.8 Å². The molecule has 2 aliphatic rings. The van der Waals surface area contributed by atoms with Crippen molar-refractivity contribution in [3.63, 3.8) is 0 Å². The van der Waals surface area contributed by atoms with Crippen LogP contribution in [0.1, 0.15) is 44.1 Å². The number of amides is 2. The van der Waals surface area contributed by atoms with Gasteiger partial charge in [0.15, 0.2) is 5.79 Å². The van der Waals surface area contributed by atoms with Crippen LogP contribution in [-0.4, -0.2) is 48.2 Å². The van der Waals surface area contributed by atoms with Crippen LogP contribution >= 0.6 is 0 Å². The van der Waals surface area contributed by atoms with E-state index in [9.17, 15) is 9.59 Å². The van der Waals surface area contributed by atoms with Crippen LogP contribution in [0.3, 0.4) is 0 Å². The maximum Gasteiger partial charge on any atom is 0.315 e. The van der Waals surface area contributed by atoms with Gasteiger partial charge in [0, 0.05) is 31.3 Å². The molecular formula is C20H28N2O5. The fourth-order valence-corrected chi connectivity index (χ4v) is 3.82. The first-order valence-electron chi connectivity index (χ1n) is 9.65. The molecule has 1 saturated carbocycles. The molecule has 1 aromatic rings. The second kappa shape index (κ2) is 9.19. The Balaban J connectivity index is 1.48. The van der Waals surface area contributed by atoms with E-state index >= 15 is 0 Å². The third-order valence-corrected chi connectivity index (χ3v) is 5.26. The summed E-state index contributed by atoms with van der Waals surface area (Å²) in [5.74, 6) is -1.30. The highest BCUT2D eigenvalue weighted by atomic mass is 16.7. The largest absolute Gasteiger partial charge is 0.481 e. The highest BCUT2D eigenvalue weighted by molar-refractivity contribution is 5.74. The first-order chi connectivity index (χ1) is 13.0. The Hall–Kier alpha value is -2.12. The molecule has 2 fully saturated rings. The fourth-order valence-electron chi connectivity index (χ4n) is 3.82. The van der Waals surface area contributed by atoms with Crippen LogP contribution in [-0.2, 0) is 20.7 Å². The van der Waals surface area contributed by atoms with Crippen molar-refractivity contribution in [2.75, 3.05) is 13.2 Å². The van der Waals surface area contributed by atoms with Crippen LogP contribution in [0, 0.1) is 0 Å². The highest BCUT2D eigenvalue weighted by Crippen LogP contribution is 2.35. The topological polar surface area (TPSA) is 96.9 Å². The third-order valence-electron chi connectivity index (χ3n) is 5.26. The molecule has 7 heteroatoms. The number of hydrogen-bond donors (Lipinski definition) is 3. The lowest BCUT2D eigenvalue weighted by atomic mass is 9.90. The third kappa shape index (κ3) is 5.94. The van der Waals surface area contributed by atoms with Gasteiger partial charge in [-0.15, -0.1) is 0 Å². The molecule has 0 bridgehead atoms. The van der Waals surface area contributed by atoms with E-state index in [2.05, 4.69) is 10.6 Å². The molecular weight excluding hydrogens is 348 g/mol. The molecule has 1 aliphatic carbocycles. The molecule has 1 atom stereocenters. The maximum atomic E-state index is 12.4. The lowest BCUT2D eigenvalue weighted by Crippen LogP contribution is -2.50. The van der Waals surface area contributed by atoms with E-state index in [1.54, 1.807) is 0 Å². The summed E-state index contributed by atoms with van der Waals surface area (Å²) < 4.78 is 11.4. The summed E-state index contributed by atoms with van der Waals surface area (Å²) in [5.41, 5.74) is 1.07. The van der Waals surface area contributed by atoms with Gasteiger partial charge in [0.05, 0.1) is 13.2 Å². The maximum absolute atomic E-state index is 12.4. The molecule has 3 rings (SSSR count). The lowest BCUT2D eigenvalue weighted by Gasteiger charge is -2.35. The Morgan fingerprint density at radius 2 is 1.81 bits per heavy atom. The summed E-state index contributed by atoms with van der Waals surface area (Å²) in [6, 6.07) is 9.40. The normalized spacial score (nSPS) is 20.3. The number of carbonyl (C=O) groups excluding carboxylic acids is 1. The number of hydrogen-bond acceptors (Lipinski definition) is 4. The quantitative estimate of drug-likeness (QED) is 0.679. The Kier molecular flexibility index (Phi) is 6.68. The predicted molar refractivity (Wildman–Crippen MR) is 99.4 cm³/mol. The number of ether oxygens (including phenoxy) is 2. The lowest BCUT2D eigenvalue weighted by molar-refractivity contribution is -0.179. The second-order valence-corrected chi connectivity index (χ2v) is 7.32. The zero-order valence-electron chi connectivity index (χ0n) is 15.5. The van der Waals surface area contributed by atoms with Crippen molar-refractivity contribution in [1.29, 1.82) is 0 Å². The van der Waals surface area contributed by atoms with Gasteiger partial charge in [-0.05, 0) is 31.2 Å². The van der Waals surface area contributed by atoms with Crippen LogP contribution in [0.2, 0.25) is 0 Å². The van der Waals surface area contributed by atoms with E-state index in [-0.39, 0.29) is 24.5 Å². The molecule has 0 radical (unpaired) electrons. The minimum Gasteiger partial charge on any atom is -0.481 e. The molecule has 7 nitrogen and oxygen atoms in total. The van der Waals surface area contributed by atoms with Gasteiger partial charge in [-0.1, -0.05) is 30.3 Å². The number of carboxylic acid groups (broad SMARTS) is 1. The molecule has 148 valence electrons. The molecule has 27 heavy (non-hydrogen) atoms. The number of benzene rings is 1. The van der Waals surface area contributed by atoms with Gasteiger partial charge >= 0.3 is 12.0 Å². The number of rotatable bonds is 7. The zero-order chi connectivity index (χ0) is 19.1. The van der Waals surface area contributed by atoms with Crippen molar-refractivity contribution >= 4 is 12.0 Å². The summed E-state index contributed by atoms with van der Waals surface area (Å²) in [4.78, 5) is 23.4. The van der Waals surface area contributed by atoms with Crippen molar-refractivity contribution in [3.8, 4) is 0 Å². The number of aliphatic carboxylic acids is 1. The average molecular weight is 376 g/mol. The van der Waals surface area contributed by atoms with Gasteiger partial charge in [-0.2, -0.15) is 0 Å². The van der Waals surface area contributed by atoms with Crippen LogP contribution < -0.4 is 10.6 Å². The second-order valence-electron chi connectivity index (χ2n) is 7.32. The molecule has 2 amide bonds. The molecule has 0 aromatic heterocycles. The van der Waals surface area contributed by atoms with Gasteiger partial charge in [-0.3, -0.25) is 4.79 Å². The summed E-state index contributed by atoms with van der Waals surface area (Å²) in [6.45, 7) is 1.28. The van der Waals surface area contributed by atoms with Gasteiger partial charge in [-0.25, -0.2) is 4.79 Å². The van der Waals surface area contributed by atoms with Gasteiger partial charge in [0.1, 0.15) is 0 Å². The van der Waals surface area contributed by atoms with E-state index in [0.29, 0.717) is 26.1 Å². The summed E-state index contributed by atoms with van der Waals surface area (Å²) >= 11 is 0. The van der Waals surface area contributed by atoms with Crippen LogP contribution in [0.25, 0.3) is 0 Å². The standard InChI is InChI=1S/C20H28N2O5/c23-18(24)7-6-17(14-15-4-2-1-3-5-15)22-19(25)21-16-8-10-20(11-9-16)26-12-13-27-20/h1-5,16-17H,6-14H2,(H,23,24)(H2,21,22,25). The summed E-state index contributed by atoms with van der Waals surface area (Å²) in [7, 11) is 0. The summed E-state index contributed by atoms with van der Waals surface area (Å²) in [5, 5.41) is 14.9. The van der Waals surface area contributed by atoms with Crippen LogP contribution in [0.15, 0.2) is 30.3 Å². The van der Waals surface area contributed by atoms with Crippen molar-refractivity contribution in [1.82, 2.24) is 10.6 Å². The number of urea groups is 1. The van der Waals surface area contributed by atoms with Gasteiger partial charge in [0.25, 0.3) is 0 Å². The highest BCUT2D eigenvalue weighted by Gasteiger charge is 2.40. The van der Waals surface area contributed by atoms with Crippen LogP contribution in [0.5, 0.6) is 0 Å².